The summed E-state index contributed by atoms with van der Waals surface area (Å²) in [5.74, 6) is 0.398. The van der Waals surface area contributed by atoms with Crippen LogP contribution in [-0.2, 0) is 18.4 Å². The highest BCUT2D eigenvalue weighted by molar-refractivity contribution is 7.21. The summed E-state index contributed by atoms with van der Waals surface area (Å²) in [6.07, 6.45) is 5.02. The highest BCUT2D eigenvalue weighted by Gasteiger charge is 2.33. The van der Waals surface area contributed by atoms with Gasteiger partial charge in [0.25, 0.3) is 5.56 Å². The number of hydrogen-bond acceptors (Lipinski definition) is 7. The molecule has 1 aromatic carbocycles. The van der Waals surface area contributed by atoms with Gasteiger partial charge in [-0.2, -0.15) is 10.1 Å². The third kappa shape index (κ3) is 3.59. The zero-order valence-electron chi connectivity index (χ0n) is 16.9. The average molecular weight is 436 g/mol. The van der Waals surface area contributed by atoms with E-state index in [9.17, 15) is 9.59 Å². The van der Waals surface area contributed by atoms with Crippen LogP contribution in [0, 0.1) is 0 Å². The molecule has 1 atom stereocenters. The second-order valence-corrected chi connectivity index (χ2v) is 8.39. The molecule has 1 N–H and O–H groups in total. The molecule has 4 heterocycles. The smallest absolute Gasteiger partial charge is 0.282 e. The summed E-state index contributed by atoms with van der Waals surface area (Å²) in [6.45, 7) is 1.20. The molecule has 0 radical (unpaired) electrons. The number of benzene rings is 1. The number of rotatable bonds is 5. The van der Waals surface area contributed by atoms with Crippen molar-refractivity contribution in [3.05, 3.63) is 64.7 Å². The van der Waals surface area contributed by atoms with Gasteiger partial charge in [-0.3, -0.25) is 14.2 Å². The number of anilines is 1. The minimum atomic E-state index is -0.307. The van der Waals surface area contributed by atoms with Gasteiger partial charge in [-0.15, -0.1) is 0 Å². The predicted molar refractivity (Wildman–Crippen MR) is 118 cm³/mol. The first-order valence-corrected chi connectivity index (χ1v) is 10.9. The maximum atomic E-state index is 12.9. The molecule has 1 aliphatic heterocycles. The number of nitrogens with zero attached hydrogens (tertiary/aromatic N) is 6. The molecule has 158 valence electrons. The number of aromatic nitrogens is 5. The van der Waals surface area contributed by atoms with Gasteiger partial charge in [0.1, 0.15) is 6.04 Å². The first-order chi connectivity index (χ1) is 15.1. The molecule has 0 aliphatic carbocycles. The fourth-order valence-corrected chi connectivity index (χ4v) is 4.82. The van der Waals surface area contributed by atoms with Crippen LogP contribution in [0.15, 0.2) is 53.6 Å². The lowest BCUT2D eigenvalue weighted by Crippen LogP contribution is -2.43. The van der Waals surface area contributed by atoms with Gasteiger partial charge in [0.2, 0.25) is 11.9 Å². The first kappa shape index (κ1) is 19.4. The van der Waals surface area contributed by atoms with Crippen molar-refractivity contribution in [1.29, 1.82) is 0 Å². The number of amides is 1. The van der Waals surface area contributed by atoms with Crippen LogP contribution in [0.4, 0.5) is 5.13 Å². The van der Waals surface area contributed by atoms with Gasteiger partial charge in [-0.05, 0) is 24.5 Å². The van der Waals surface area contributed by atoms with E-state index < -0.39 is 0 Å². The molecule has 1 saturated heterocycles. The normalized spacial score (nSPS) is 16.2. The Morgan fingerprint density at radius 1 is 1.23 bits per heavy atom. The number of carbonyl (C=O) groups is 1. The second kappa shape index (κ2) is 7.95. The summed E-state index contributed by atoms with van der Waals surface area (Å²) in [5.41, 5.74) is 1.13. The maximum absolute atomic E-state index is 12.9. The van der Waals surface area contributed by atoms with Crippen molar-refractivity contribution < 1.29 is 4.79 Å². The molecule has 9 nitrogen and oxygen atoms in total. The van der Waals surface area contributed by atoms with Crippen LogP contribution in [0.25, 0.3) is 16.3 Å². The number of nitrogens with one attached hydrogen (secondary N) is 1. The molecule has 1 fully saturated rings. The Kier molecular flexibility index (Phi) is 4.99. The molecule has 4 aromatic rings. The third-order valence-corrected chi connectivity index (χ3v) is 6.41. The summed E-state index contributed by atoms with van der Waals surface area (Å²) in [6, 6.07) is 11.3. The minimum Gasteiger partial charge on any atom is -0.350 e. The van der Waals surface area contributed by atoms with E-state index in [2.05, 4.69) is 20.4 Å². The quantitative estimate of drug-likeness (QED) is 0.514. The Bertz CT molecular complexity index is 1280. The molecular weight excluding hydrogens is 414 g/mol. The van der Waals surface area contributed by atoms with Crippen molar-refractivity contribution in [2.24, 2.45) is 7.05 Å². The fourth-order valence-electron chi connectivity index (χ4n) is 3.82. The van der Waals surface area contributed by atoms with Gasteiger partial charge in [0.05, 0.1) is 0 Å². The van der Waals surface area contributed by atoms with Crippen molar-refractivity contribution in [1.82, 2.24) is 29.6 Å². The zero-order valence-corrected chi connectivity index (χ0v) is 17.7. The van der Waals surface area contributed by atoms with E-state index in [-0.39, 0.29) is 17.5 Å². The molecule has 5 rings (SSSR count). The number of thiazole rings is 1. The standard InChI is InChI=1S/C21H21N7O2S/c1-26-19(30)16-18(25-20(26)28-12-6-10-23-28)31-21(24-16)27-11-5-9-15(27)17(29)22-13-14-7-3-2-4-8-14/h2-4,6-8,10,12,15H,5,9,11,13H2,1H3,(H,22,29). The van der Waals surface area contributed by atoms with Crippen molar-refractivity contribution in [3.63, 3.8) is 0 Å². The van der Waals surface area contributed by atoms with Crippen molar-refractivity contribution in [3.8, 4) is 5.95 Å². The zero-order chi connectivity index (χ0) is 21.4. The van der Waals surface area contributed by atoms with Gasteiger partial charge in [-0.1, -0.05) is 41.7 Å². The van der Waals surface area contributed by atoms with Gasteiger partial charge >= 0.3 is 0 Å². The Morgan fingerprint density at radius 2 is 2.06 bits per heavy atom. The minimum absolute atomic E-state index is 0.0290. The average Bonchev–Trinajstić information content (AvgIpc) is 3.55. The van der Waals surface area contributed by atoms with Crippen LogP contribution in [0.3, 0.4) is 0 Å². The fraction of sp³-hybridized carbons (Fsp3) is 0.286. The second-order valence-electron chi connectivity index (χ2n) is 7.43. The summed E-state index contributed by atoms with van der Waals surface area (Å²) in [7, 11) is 1.65. The van der Waals surface area contributed by atoms with E-state index in [4.69, 9.17) is 0 Å². The largest absolute Gasteiger partial charge is 0.350 e. The predicted octanol–water partition coefficient (Wildman–Crippen LogP) is 1.86. The van der Waals surface area contributed by atoms with E-state index in [0.717, 1.165) is 24.9 Å². The SMILES string of the molecule is Cn1c(-n2cccn2)nc2sc(N3CCCC3C(=O)NCc3ccccc3)nc2c1=O. The molecule has 0 bridgehead atoms. The summed E-state index contributed by atoms with van der Waals surface area (Å²) in [5, 5.41) is 7.85. The van der Waals surface area contributed by atoms with Crippen LogP contribution >= 0.6 is 11.3 Å². The summed E-state index contributed by atoms with van der Waals surface area (Å²) in [4.78, 5) is 37.5. The van der Waals surface area contributed by atoms with Crippen LogP contribution in [0.2, 0.25) is 0 Å². The molecular formula is C21H21N7O2S. The van der Waals surface area contributed by atoms with Crippen molar-refractivity contribution >= 4 is 32.7 Å². The van der Waals surface area contributed by atoms with E-state index >= 15 is 0 Å². The number of hydrogen-bond donors (Lipinski definition) is 1. The molecule has 10 heteroatoms. The highest BCUT2D eigenvalue weighted by atomic mass is 32.1. The monoisotopic (exact) mass is 435 g/mol. The topological polar surface area (TPSA) is 97.9 Å². The van der Waals surface area contributed by atoms with Crippen molar-refractivity contribution in [2.45, 2.75) is 25.4 Å². The molecule has 31 heavy (non-hydrogen) atoms. The first-order valence-electron chi connectivity index (χ1n) is 10.1. The Morgan fingerprint density at radius 3 is 2.84 bits per heavy atom. The molecule has 1 unspecified atom stereocenters. The maximum Gasteiger partial charge on any atom is 0.282 e. The van der Waals surface area contributed by atoms with Crippen LogP contribution in [0.1, 0.15) is 18.4 Å². The van der Waals surface area contributed by atoms with E-state index in [0.29, 0.717) is 28.0 Å². The molecule has 1 amide bonds. The summed E-state index contributed by atoms with van der Waals surface area (Å²) < 4.78 is 2.99. The molecule has 0 spiro atoms. The van der Waals surface area contributed by atoms with Gasteiger partial charge < -0.3 is 10.2 Å². The third-order valence-electron chi connectivity index (χ3n) is 5.43. The van der Waals surface area contributed by atoms with Crippen LogP contribution in [-0.4, -0.2) is 42.8 Å². The van der Waals surface area contributed by atoms with Gasteiger partial charge in [0.15, 0.2) is 15.5 Å². The van der Waals surface area contributed by atoms with Gasteiger partial charge in [0, 0.05) is 32.5 Å². The van der Waals surface area contributed by atoms with E-state index in [1.165, 1.54) is 15.9 Å². The number of carbonyl (C=O) groups excluding carboxylic acids is 1. The summed E-state index contributed by atoms with van der Waals surface area (Å²) >= 11 is 1.33. The Balaban J connectivity index is 1.42. The Hall–Kier alpha value is -3.53. The molecule has 3 aromatic heterocycles. The molecule has 0 saturated carbocycles. The van der Waals surface area contributed by atoms with Crippen LogP contribution in [0.5, 0.6) is 0 Å². The lowest BCUT2D eigenvalue weighted by molar-refractivity contribution is -0.122. The van der Waals surface area contributed by atoms with E-state index in [1.807, 2.05) is 35.2 Å². The number of fused-ring (bicyclic) bond motifs is 1. The van der Waals surface area contributed by atoms with Crippen LogP contribution < -0.4 is 15.8 Å². The Labute approximate surface area is 182 Å². The lowest BCUT2D eigenvalue weighted by Gasteiger charge is -2.23. The van der Waals surface area contributed by atoms with Crippen molar-refractivity contribution in [2.75, 3.05) is 11.4 Å². The van der Waals surface area contributed by atoms with Gasteiger partial charge in [-0.25, -0.2) is 9.67 Å². The van der Waals surface area contributed by atoms with E-state index in [1.54, 1.807) is 30.2 Å². The molecule has 1 aliphatic rings. The highest BCUT2D eigenvalue weighted by Crippen LogP contribution is 2.32. The lowest BCUT2D eigenvalue weighted by atomic mass is 10.2.